The predicted molar refractivity (Wildman–Crippen MR) is 140 cm³/mol. The van der Waals surface area contributed by atoms with E-state index in [-0.39, 0.29) is 0 Å². The van der Waals surface area contributed by atoms with Crippen LogP contribution in [0, 0.1) is 0 Å². The zero-order valence-corrected chi connectivity index (χ0v) is 18.4. The molecule has 0 N–H and O–H groups in total. The molecule has 5 aromatic carbocycles. The summed E-state index contributed by atoms with van der Waals surface area (Å²) in [4.78, 5) is 0. The van der Waals surface area contributed by atoms with Crippen molar-refractivity contribution in [3.05, 3.63) is 115 Å². The topological polar surface area (TPSA) is 9.86 Å². The molecule has 0 fully saturated rings. The highest BCUT2D eigenvalue weighted by atomic mass is 15.0. The molecular formula is C31H22N2. The van der Waals surface area contributed by atoms with E-state index in [9.17, 15) is 0 Å². The van der Waals surface area contributed by atoms with Crippen LogP contribution in [-0.2, 0) is 7.05 Å². The molecule has 33 heavy (non-hydrogen) atoms. The molecule has 2 aromatic heterocycles. The van der Waals surface area contributed by atoms with E-state index < -0.39 is 0 Å². The van der Waals surface area contributed by atoms with Crippen LogP contribution < -0.4 is 0 Å². The van der Waals surface area contributed by atoms with Crippen LogP contribution >= 0.6 is 0 Å². The molecule has 156 valence electrons. The molecule has 0 aliphatic heterocycles. The van der Waals surface area contributed by atoms with Crippen molar-refractivity contribution >= 4 is 43.6 Å². The van der Waals surface area contributed by atoms with Gasteiger partial charge in [0.05, 0.1) is 11.0 Å². The van der Waals surface area contributed by atoms with Gasteiger partial charge in [0.1, 0.15) is 0 Å². The lowest BCUT2D eigenvalue weighted by Gasteiger charge is -2.09. The Bertz CT molecular complexity index is 1800. The summed E-state index contributed by atoms with van der Waals surface area (Å²) in [5.41, 5.74) is 8.66. The van der Waals surface area contributed by atoms with Gasteiger partial charge in [0.15, 0.2) is 0 Å². The lowest BCUT2D eigenvalue weighted by atomic mass is 10.0. The summed E-state index contributed by atoms with van der Waals surface area (Å²) in [6.07, 6.45) is 0. The van der Waals surface area contributed by atoms with Gasteiger partial charge in [0.2, 0.25) is 0 Å². The summed E-state index contributed by atoms with van der Waals surface area (Å²) in [6.45, 7) is 0. The van der Waals surface area contributed by atoms with E-state index in [4.69, 9.17) is 0 Å². The molecule has 0 aliphatic carbocycles. The van der Waals surface area contributed by atoms with Crippen LogP contribution in [0.4, 0.5) is 0 Å². The van der Waals surface area contributed by atoms with Crippen LogP contribution in [0.25, 0.3) is 60.4 Å². The third-order valence-corrected chi connectivity index (χ3v) is 6.92. The summed E-state index contributed by atoms with van der Waals surface area (Å²) in [7, 11) is 2.17. The van der Waals surface area contributed by atoms with Gasteiger partial charge in [-0.15, -0.1) is 0 Å². The lowest BCUT2D eigenvalue weighted by Crippen LogP contribution is -1.93. The second-order valence-electron chi connectivity index (χ2n) is 8.73. The normalized spacial score (nSPS) is 11.8. The van der Waals surface area contributed by atoms with Gasteiger partial charge in [0, 0.05) is 45.3 Å². The number of aryl methyl sites for hydroxylation is 1. The molecule has 2 heteroatoms. The molecule has 2 heterocycles. The number of para-hydroxylation sites is 2. The number of nitrogens with zero attached hydrogens (tertiary/aromatic N) is 2. The van der Waals surface area contributed by atoms with Crippen LogP contribution in [-0.4, -0.2) is 9.13 Å². The van der Waals surface area contributed by atoms with Gasteiger partial charge >= 0.3 is 0 Å². The monoisotopic (exact) mass is 422 g/mol. The number of fused-ring (bicyclic) bond motifs is 6. The van der Waals surface area contributed by atoms with E-state index in [1.807, 2.05) is 0 Å². The SMILES string of the molecule is Cn1c2ccccc2c2cc3c(cc21)c1ccc(-c2ccccc2)cc1n3-c1ccccc1. The summed E-state index contributed by atoms with van der Waals surface area (Å²) in [6, 6.07) is 41.6. The number of hydrogen-bond acceptors (Lipinski definition) is 0. The van der Waals surface area contributed by atoms with Gasteiger partial charge in [0.25, 0.3) is 0 Å². The molecule has 0 amide bonds. The number of aromatic nitrogens is 2. The minimum atomic E-state index is 1.18. The first-order chi connectivity index (χ1) is 16.3. The standard InChI is InChI=1S/C31H22N2/c1-32-28-15-9-8-14-24(28)26-20-31-27(19-29(26)32)25-17-16-22(21-10-4-2-5-11-21)18-30(25)33(31)23-12-6-3-7-13-23/h2-20H,1H3. The Morgan fingerprint density at radius 1 is 0.424 bits per heavy atom. The highest BCUT2D eigenvalue weighted by molar-refractivity contribution is 6.18. The highest BCUT2D eigenvalue weighted by Gasteiger charge is 2.17. The molecule has 0 unspecified atom stereocenters. The third kappa shape index (κ3) is 2.61. The van der Waals surface area contributed by atoms with Crippen LogP contribution in [0.2, 0.25) is 0 Å². The predicted octanol–water partition coefficient (Wildman–Crippen LogP) is 8.10. The minimum absolute atomic E-state index is 1.18. The van der Waals surface area contributed by atoms with E-state index in [2.05, 4.69) is 131 Å². The molecule has 0 radical (unpaired) electrons. The van der Waals surface area contributed by atoms with Crippen LogP contribution in [0.15, 0.2) is 115 Å². The first-order valence-corrected chi connectivity index (χ1v) is 11.4. The highest BCUT2D eigenvalue weighted by Crippen LogP contribution is 2.39. The van der Waals surface area contributed by atoms with Crippen LogP contribution in [0.5, 0.6) is 0 Å². The van der Waals surface area contributed by atoms with Crippen molar-refractivity contribution in [2.45, 2.75) is 0 Å². The number of rotatable bonds is 2. The van der Waals surface area contributed by atoms with Gasteiger partial charge in [-0.05, 0) is 47.5 Å². The zero-order chi connectivity index (χ0) is 21.9. The Morgan fingerprint density at radius 2 is 1.03 bits per heavy atom. The summed E-state index contributed by atoms with van der Waals surface area (Å²) in [5, 5.41) is 5.16. The first-order valence-electron chi connectivity index (χ1n) is 11.4. The van der Waals surface area contributed by atoms with Gasteiger partial charge in [-0.3, -0.25) is 0 Å². The molecule has 0 saturated carbocycles. The second-order valence-corrected chi connectivity index (χ2v) is 8.73. The van der Waals surface area contributed by atoms with Gasteiger partial charge in [-0.2, -0.15) is 0 Å². The molecule has 0 saturated heterocycles. The second kappa shape index (κ2) is 6.85. The Morgan fingerprint density at radius 3 is 1.85 bits per heavy atom. The fourth-order valence-electron chi connectivity index (χ4n) is 5.33. The van der Waals surface area contributed by atoms with Crippen molar-refractivity contribution in [1.29, 1.82) is 0 Å². The fraction of sp³-hybridized carbons (Fsp3) is 0.0323. The summed E-state index contributed by atoms with van der Waals surface area (Å²) >= 11 is 0. The molecule has 7 aromatic rings. The van der Waals surface area contributed by atoms with Gasteiger partial charge in [-0.25, -0.2) is 0 Å². The van der Waals surface area contributed by atoms with Crippen molar-refractivity contribution in [2.75, 3.05) is 0 Å². The number of hydrogen-bond donors (Lipinski definition) is 0. The summed E-state index contributed by atoms with van der Waals surface area (Å²) in [5.74, 6) is 0. The Labute approximate surface area is 191 Å². The Balaban J connectivity index is 1.65. The van der Waals surface area contributed by atoms with Crippen molar-refractivity contribution in [3.8, 4) is 16.8 Å². The van der Waals surface area contributed by atoms with Crippen molar-refractivity contribution < 1.29 is 0 Å². The first kappa shape index (κ1) is 18.3. The number of benzene rings is 5. The molecule has 2 nitrogen and oxygen atoms in total. The average molecular weight is 423 g/mol. The molecule has 0 atom stereocenters. The molecule has 7 rings (SSSR count). The van der Waals surface area contributed by atoms with Crippen LogP contribution in [0.1, 0.15) is 0 Å². The third-order valence-electron chi connectivity index (χ3n) is 6.92. The molecule has 0 aliphatic rings. The largest absolute Gasteiger partial charge is 0.344 e. The van der Waals surface area contributed by atoms with E-state index in [1.165, 1.54) is 60.4 Å². The maximum Gasteiger partial charge on any atom is 0.0548 e. The quantitative estimate of drug-likeness (QED) is 0.266. The summed E-state index contributed by atoms with van der Waals surface area (Å²) < 4.78 is 4.73. The van der Waals surface area contributed by atoms with Gasteiger partial charge in [-0.1, -0.05) is 78.9 Å². The van der Waals surface area contributed by atoms with Gasteiger partial charge < -0.3 is 9.13 Å². The fourth-order valence-corrected chi connectivity index (χ4v) is 5.33. The smallest absolute Gasteiger partial charge is 0.0548 e. The Hall–Kier alpha value is -4.30. The maximum atomic E-state index is 2.42. The van der Waals surface area contributed by atoms with E-state index >= 15 is 0 Å². The average Bonchev–Trinajstić information content (AvgIpc) is 3.35. The van der Waals surface area contributed by atoms with E-state index in [0.29, 0.717) is 0 Å². The van der Waals surface area contributed by atoms with E-state index in [0.717, 1.165) is 0 Å². The molecular weight excluding hydrogens is 400 g/mol. The van der Waals surface area contributed by atoms with Crippen molar-refractivity contribution in [3.63, 3.8) is 0 Å². The lowest BCUT2D eigenvalue weighted by molar-refractivity contribution is 1.02. The molecule has 0 spiro atoms. The van der Waals surface area contributed by atoms with Crippen molar-refractivity contribution in [2.24, 2.45) is 7.05 Å². The Kier molecular flexibility index (Phi) is 3.80. The minimum Gasteiger partial charge on any atom is -0.344 e. The van der Waals surface area contributed by atoms with Crippen LogP contribution in [0.3, 0.4) is 0 Å². The zero-order valence-electron chi connectivity index (χ0n) is 18.4. The van der Waals surface area contributed by atoms with E-state index in [1.54, 1.807) is 0 Å². The van der Waals surface area contributed by atoms with Crippen molar-refractivity contribution in [1.82, 2.24) is 9.13 Å². The molecule has 0 bridgehead atoms. The maximum absolute atomic E-state index is 2.42.